The van der Waals surface area contributed by atoms with Crippen LogP contribution in [0, 0.1) is 0 Å². The largest absolute Gasteiger partial charge is 0.489 e. The van der Waals surface area contributed by atoms with Gasteiger partial charge in [-0.25, -0.2) is 0 Å². The first-order chi connectivity index (χ1) is 12.7. The Bertz CT molecular complexity index is 837. The van der Waals surface area contributed by atoms with Crippen LogP contribution in [0.1, 0.15) is 16.7 Å². The highest BCUT2D eigenvalue weighted by Gasteiger charge is 2.02. The maximum Gasteiger partial charge on any atom is 0.120 e. The van der Waals surface area contributed by atoms with E-state index in [1.165, 1.54) is 5.56 Å². The SMILES string of the molecule is Clc1ccc(CCNCc2cccc(OCc3ccccc3)c2)c(Cl)c1. The van der Waals surface area contributed by atoms with Gasteiger partial charge in [-0.2, -0.15) is 0 Å². The molecule has 0 saturated carbocycles. The second kappa shape index (κ2) is 9.63. The molecule has 0 aliphatic heterocycles. The molecular weight excluding hydrogens is 365 g/mol. The van der Waals surface area contributed by atoms with E-state index in [0.717, 1.165) is 41.4 Å². The van der Waals surface area contributed by atoms with E-state index < -0.39 is 0 Å². The number of nitrogens with one attached hydrogen (secondary N) is 1. The second-order valence-electron chi connectivity index (χ2n) is 6.08. The van der Waals surface area contributed by atoms with E-state index in [0.29, 0.717) is 11.6 Å². The van der Waals surface area contributed by atoms with Crippen molar-refractivity contribution in [2.24, 2.45) is 0 Å². The summed E-state index contributed by atoms with van der Waals surface area (Å²) >= 11 is 12.1. The molecule has 0 amide bonds. The van der Waals surface area contributed by atoms with Gasteiger partial charge >= 0.3 is 0 Å². The third kappa shape index (κ3) is 5.77. The normalized spacial score (nSPS) is 10.7. The summed E-state index contributed by atoms with van der Waals surface area (Å²) in [7, 11) is 0. The van der Waals surface area contributed by atoms with E-state index in [1.807, 2.05) is 42.5 Å². The lowest BCUT2D eigenvalue weighted by atomic mass is 10.1. The van der Waals surface area contributed by atoms with E-state index in [9.17, 15) is 0 Å². The summed E-state index contributed by atoms with van der Waals surface area (Å²) in [6, 6.07) is 24.0. The van der Waals surface area contributed by atoms with E-state index in [1.54, 1.807) is 6.07 Å². The van der Waals surface area contributed by atoms with Crippen molar-refractivity contribution in [3.05, 3.63) is 99.5 Å². The molecule has 0 unspecified atom stereocenters. The predicted octanol–water partition coefficient (Wildman–Crippen LogP) is 5.90. The summed E-state index contributed by atoms with van der Waals surface area (Å²) in [6.45, 7) is 2.21. The van der Waals surface area contributed by atoms with Gasteiger partial charge in [-0.15, -0.1) is 0 Å². The Morgan fingerprint density at radius 1 is 0.808 bits per heavy atom. The fraction of sp³-hybridized carbons (Fsp3) is 0.182. The van der Waals surface area contributed by atoms with Crippen LogP contribution in [0.4, 0.5) is 0 Å². The van der Waals surface area contributed by atoms with Gasteiger partial charge in [0.25, 0.3) is 0 Å². The first-order valence-electron chi connectivity index (χ1n) is 8.61. The average Bonchev–Trinajstić information content (AvgIpc) is 2.66. The Hall–Kier alpha value is -2.00. The minimum atomic E-state index is 0.576. The van der Waals surface area contributed by atoms with Crippen LogP contribution in [0.15, 0.2) is 72.8 Å². The van der Waals surface area contributed by atoms with Crippen LogP contribution in [-0.2, 0) is 19.6 Å². The molecule has 0 radical (unpaired) electrons. The van der Waals surface area contributed by atoms with E-state index in [4.69, 9.17) is 27.9 Å². The van der Waals surface area contributed by atoms with Crippen molar-refractivity contribution in [3.8, 4) is 5.75 Å². The van der Waals surface area contributed by atoms with Gasteiger partial charge in [-0.1, -0.05) is 71.7 Å². The zero-order valence-electron chi connectivity index (χ0n) is 14.4. The van der Waals surface area contributed by atoms with Crippen molar-refractivity contribution < 1.29 is 4.74 Å². The Balaban J connectivity index is 1.46. The molecule has 0 aliphatic carbocycles. The van der Waals surface area contributed by atoms with Crippen molar-refractivity contribution >= 4 is 23.2 Å². The lowest BCUT2D eigenvalue weighted by Gasteiger charge is -2.10. The fourth-order valence-electron chi connectivity index (χ4n) is 2.67. The highest BCUT2D eigenvalue weighted by Crippen LogP contribution is 2.21. The molecule has 0 fully saturated rings. The van der Waals surface area contributed by atoms with Gasteiger partial charge in [0, 0.05) is 16.6 Å². The predicted molar refractivity (Wildman–Crippen MR) is 109 cm³/mol. The first kappa shape index (κ1) is 18.8. The van der Waals surface area contributed by atoms with Crippen LogP contribution in [0.5, 0.6) is 5.75 Å². The van der Waals surface area contributed by atoms with Crippen LogP contribution in [0.3, 0.4) is 0 Å². The quantitative estimate of drug-likeness (QED) is 0.487. The van der Waals surface area contributed by atoms with Crippen molar-refractivity contribution in [2.75, 3.05) is 6.54 Å². The summed E-state index contributed by atoms with van der Waals surface area (Å²) in [5.41, 5.74) is 3.46. The van der Waals surface area contributed by atoms with Crippen molar-refractivity contribution in [2.45, 2.75) is 19.6 Å². The van der Waals surface area contributed by atoms with Crippen LogP contribution in [0.2, 0.25) is 10.0 Å². The third-order valence-electron chi connectivity index (χ3n) is 4.06. The highest BCUT2D eigenvalue weighted by molar-refractivity contribution is 6.35. The number of benzene rings is 3. The Labute approximate surface area is 164 Å². The summed E-state index contributed by atoms with van der Waals surface area (Å²) in [5.74, 6) is 0.883. The first-order valence-corrected chi connectivity index (χ1v) is 9.36. The number of hydrogen-bond acceptors (Lipinski definition) is 2. The average molecular weight is 386 g/mol. The molecule has 3 rings (SSSR count). The molecule has 0 aromatic heterocycles. The summed E-state index contributed by atoms with van der Waals surface area (Å²) < 4.78 is 5.88. The molecule has 0 spiro atoms. The zero-order chi connectivity index (χ0) is 18.2. The minimum Gasteiger partial charge on any atom is -0.489 e. The summed E-state index contributed by atoms with van der Waals surface area (Å²) in [6.07, 6.45) is 0.861. The minimum absolute atomic E-state index is 0.576. The van der Waals surface area contributed by atoms with E-state index in [-0.39, 0.29) is 0 Å². The second-order valence-corrected chi connectivity index (χ2v) is 6.93. The molecule has 26 heavy (non-hydrogen) atoms. The van der Waals surface area contributed by atoms with Gasteiger partial charge in [0.1, 0.15) is 12.4 Å². The smallest absolute Gasteiger partial charge is 0.120 e. The lowest BCUT2D eigenvalue weighted by molar-refractivity contribution is 0.306. The molecular formula is C22H21Cl2NO. The van der Waals surface area contributed by atoms with Gasteiger partial charge in [-0.3, -0.25) is 0 Å². The van der Waals surface area contributed by atoms with Crippen LogP contribution < -0.4 is 10.1 Å². The topological polar surface area (TPSA) is 21.3 Å². The van der Waals surface area contributed by atoms with Gasteiger partial charge in [0.2, 0.25) is 0 Å². The van der Waals surface area contributed by atoms with E-state index in [2.05, 4.69) is 29.6 Å². The van der Waals surface area contributed by atoms with Crippen LogP contribution >= 0.6 is 23.2 Å². The Morgan fingerprint density at radius 3 is 2.42 bits per heavy atom. The maximum atomic E-state index is 6.20. The molecule has 0 atom stereocenters. The molecule has 0 saturated heterocycles. The van der Waals surface area contributed by atoms with Crippen molar-refractivity contribution in [3.63, 3.8) is 0 Å². The molecule has 2 nitrogen and oxygen atoms in total. The number of halogens is 2. The Kier molecular flexibility index (Phi) is 6.96. The summed E-state index contributed by atoms with van der Waals surface area (Å²) in [5, 5.41) is 4.83. The van der Waals surface area contributed by atoms with Gasteiger partial charge in [0.15, 0.2) is 0 Å². The van der Waals surface area contributed by atoms with E-state index >= 15 is 0 Å². The van der Waals surface area contributed by atoms with Crippen molar-refractivity contribution in [1.29, 1.82) is 0 Å². The lowest BCUT2D eigenvalue weighted by Crippen LogP contribution is -2.16. The van der Waals surface area contributed by atoms with Gasteiger partial charge < -0.3 is 10.1 Å². The zero-order valence-corrected chi connectivity index (χ0v) is 15.9. The Morgan fingerprint density at radius 2 is 1.62 bits per heavy atom. The standard InChI is InChI=1S/C22H21Cl2NO/c23-20-10-9-19(22(24)14-20)11-12-25-15-18-7-4-8-21(13-18)26-16-17-5-2-1-3-6-17/h1-10,13-14,25H,11-12,15-16H2. The number of rotatable bonds is 8. The number of ether oxygens (including phenoxy) is 1. The van der Waals surface area contributed by atoms with Crippen LogP contribution in [-0.4, -0.2) is 6.54 Å². The van der Waals surface area contributed by atoms with Crippen molar-refractivity contribution in [1.82, 2.24) is 5.32 Å². The molecule has 4 heteroatoms. The molecule has 0 aliphatic rings. The fourth-order valence-corrected chi connectivity index (χ4v) is 3.17. The molecule has 1 N–H and O–H groups in total. The molecule has 0 heterocycles. The number of hydrogen-bond donors (Lipinski definition) is 1. The monoisotopic (exact) mass is 385 g/mol. The third-order valence-corrected chi connectivity index (χ3v) is 4.65. The summed E-state index contributed by atoms with van der Waals surface area (Å²) in [4.78, 5) is 0. The van der Waals surface area contributed by atoms with Crippen LogP contribution in [0.25, 0.3) is 0 Å². The molecule has 3 aromatic carbocycles. The molecule has 0 bridgehead atoms. The highest BCUT2D eigenvalue weighted by atomic mass is 35.5. The molecule has 134 valence electrons. The maximum absolute atomic E-state index is 6.20. The molecule has 3 aromatic rings. The van der Waals surface area contributed by atoms with Gasteiger partial charge in [0.05, 0.1) is 0 Å². The van der Waals surface area contributed by atoms with Gasteiger partial charge in [-0.05, 0) is 53.9 Å².